The summed E-state index contributed by atoms with van der Waals surface area (Å²) in [6.45, 7) is 5.42. The third kappa shape index (κ3) is 26.5. The first-order chi connectivity index (χ1) is 17.3. The zero-order valence-electron chi connectivity index (χ0n) is 24.1. The minimum atomic E-state index is -0.593. The highest BCUT2D eigenvalue weighted by atomic mass is 16.3. The Bertz CT molecular complexity index is 412. The van der Waals surface area contributed by atoms with Gasteiger partial charge in [0.15, 0.2) is 0 Å². The molecule has 0 amide bonds. The minimum Gasteiger partial charge on any atom is -0.395 e. The lowest BCUT2D eigenvalue weighted by molar-refractivity contribution is 0.123. The second kappa shape index (κ2) is 29.8. The Labute approximate surface area is 221 Å². The molecule has 0 radical (unpaired) electrons. The van der Waals surface area contributed by atoms with E-state index >= 15 is 0 Å². The molecule has 0 aromatic carbocycles. The van der Waals surface area contributed by atoms with Crippen molar-refractivity contribution in [3.63, 3.8) is 0 Å². The Morgan fingerprint density at radius 2 is 0.914 bits per heavy atom. The molecule has 0 aliphatic rings. The summed E-state index contributed by atoms with van der Waals surface area (Å²) < 4.78 is 0. The molecular formula is C32H65NO2. The van der Waals surface area contributed by atoms with E-state index in [1.54, 1.807) is 0 Å². The quantitative estimate of drug-likeness (QED) is 0.0715. The molecule has 3 heteroatoms. The first-order valence-electron chi connectivity index (χ1n) is 15.9. The van der Waals surface area contributed by atoms with Gasteiger partial charge < -0.3 is 15.5 Å². The SMILES string of the molecule is CCCCCCCCCCCCC/C=C/[C@@H](O)[C@H](CO)NCCCCCCCCCCCCCC. The molecule has 0 aromatic rings. The maximum absolute atomic E-state index is 10.4. The molecule has 210 valence electrons. The molecule has 0 saturated carbocycles. The van der Waals surface area contributed by atoms with E-state index in [1.807, 2.05) is 6.08 Å². The Hall–Kier alpha value is -0.380. The van der Waals surface area contributed by atoms with Gasteiger partial charge in [0.2, 0.25) is 0 Å². The molecule has 0 rings (SSSR count). The smallest absolute Gasteiger partial charge is 0.0896 e. The van der Waals surface area contributed by atoms with Crippen LogP contribution in [0.2, 0.25) is 0 Å². The summed E-state index contributed by atoms with van der Waals surface area (Å²) in [4.78, 5) is 0. The molecule has 0 saturated heterocycles. The van der Waals surface area contributed by atoms with Crippen molar-refractivity contribution in [2.75, 3.05) is 13.2 Å². The lowest BCUT2D eigenvalue weighted by atomic mass is 10.0. The molecule has 0 aliphatic carbocycles. The molecule has 0 heterocycles. The Balaban J connectivity index is 3.50. The van der Waals surface area contributed by atoms with Gasteiger partial charge in [-0.25, -0.2) is 0 Å². The standard InChI is InChI=1S/C32H65NO2/c1-3-5-7-9-11-13-15-17-18-20-22-24-26-28-32(35)31(30-34)33-29-27-25-23-21-19-16-14-12-10-8-6-4-2/h26,28,31-35H,3-25,27,29-30H2,1-2H3/b28-26+/t31-,32+/m0/s1. The highest BCUT2D eigenvalue weighted by Gasteiger charge is 2.14. The van der Waals surface area contributed by atoms with Crippen LogP contribution in [0.4, 0.5) is 0 Å². The van der Waals surface area contributed by atoms with Crippen LogP contribution in [0.25, 0.3) is 0 Å². The third-order valence-electron chi connectivity index (χ3n) is 7.35. The molecule has 3 nitrogen and oxygen atoms in total. The van der Waals surface area contributed by atoms with Crippen LogP contribution in [0.3, 0.4) is 0 Å². The van der Waals surface area contributed by atoms with E-state index in [2.05, 4.69) is 25.2 Å². The average molecular weight is 496 g/mol. The van der Waals surface area contributed by atoms with E-state index in [9.17, 15) is 10.2 Å². The molecule has 0 aromatic heterocycles. The molecule has 0 unspecified atom stereocenters. The monoisotopic (exact) mass is 496 g/mol. The lowest BCUT2D eigenvalue weighted by Crippen LogP contribution is -2.42. The first kappa shape index (κ1) is 34.6. The van der Waals surface area contributed by atoms with E-state index < -0.39 is 6.10 Å². The largest absolute Gasteiger partial charge is 0.395 e. The van der Waals surface area contributed by atoms with Gasteiger partial charge in [-0.1, -0.05) is 161 Å². The Kier molecular flexibility index (Phi) is 29.5. The van der Waals surface area contributed by atoms with E-state index in [0.29, 0.717) is 0 Å². The van der Waals surface area contributed by atoms with Gasteiger partial charge in [-0.3, -0.25) is 0 Å². The van der Waals surface area contributed by atoms with Crippen LogP contribution >= 0.6 is 0 Å². The van der Waals surface area contributed by atoms with Crippen molar-refractivity contribution in [3.05, 3.63) is 12.2 Å². The second-order valence-electron chi connectivity index (χ2n) is 10.9. The Morgan fingerprint density at radius 1 is 0.543 bits per heavy atom. The van der Waals surface area contributed by atoms with Gasteiger partial charge in [0.25, 0.3) is 0 Å². The van der Waals surface area contributed by atoms with Gasteiger partial charge in [-0.15, -0.1) is 0 Å². The van der Waals surface area contributed by atoms with E-state index in [4.69, 9.17) is 0 Å². The maximum atomic E-state index is 10.4. The maximum Gasteiger partial charge on any atom is 0.0896 e. The van der Waals surface area contributed by atoms with Gasteiger partial charge >= 0.3 is 0 Å². The third-order valence-corrected chi connectivity index (χ3v) is 7.35. The summed E-state index contributed by atoms with van der Waals surface area (Å²) in [5.74, 6) is 0. The number of aliphatic hydroxyl groups is 2. The van der Waals surface area contributed by atoms with Crippen molar-refractivity contribution in [2.24, 2.45) is 0 Å². The number of unbranched alkanes of at least 4 members (excludes halogenated alkanes) is 22. The van der Waals surface area contributed by atoms with Crippen LogP contribution in [0.15, 0.2) is 12.2 Å². The molecule has 3 N–H and O–H groups in total. The number of allylic oxidation sites excluding steroid dienone is 1. The molecule has 0 spiro atoms. The van der Waals surface area contributed by atoms with Crippen LogP contribution in [0, 0.1) is 0 Å². The number of hydrogen-bond donors (Lipinski definition) is 3. The van der Waals surface area contributed by atoms with Crippen LogP contribution in [0.1, 0.15) is 168 Å². The van der Waals surface area contributed by atoms with E-state index in [1.165, 1.54) is 141 Å². The number of nitrogens with one attached hydrogen (secondary N) is 1. The Morgan fingerprint density at radius 3 is 1.31 bits per heavy atom. The van der Waals surface area contributed by atoms with Crippen LogP contribution in [0.5, 0.6) is 0 Å². The van der Waals surface area contributed by atoms with Gasteiger partial charge in [0.1, 0.15) is 0 Å². The fraction of sp³-hybridized carbons (Fsp3) is 0.938. The number of aliphatic hydroxyl groups excluding tert-OH is 2. The predicted molar refractivity (Wildman–Crippen MR) is 156 cm³/mol. The summed E-state index contributed by atoms with van der Waals surface area (Å²) in [5, 5.41) is 23.4. The van der Waals surface area contributed by atoms with Crippen molar-refractivity contribution < 1.29 is 10.2 Å². The first-order valence-corrected chi connectivity index (χ1v) is 15.9. The summed E-state index contributed by atoms with van der Waals surface area (Å²) in [6, 6.07) is -0.240. The van der Waals surface area contributed by atoms with Crippen LogP contribution in [-0.2, 0) is 0 Å². The molecule has 2 atom stereocenters. The van der Waals surface area contributed by atoms with Gasteiger partial charge in [-0.05, 0) is 25.8 Å². The van der Waals surface area contributed by atoms with E-state index in [-0.39, 0.29) is 12.6 Å². The highest BCUT2D eigenvalue weighted by Crippen LogP contribution is 2.13. The topological polar surface area (TPSA) is 52.5 Å². The molecule has 0 bridgehead atoms. The van der Waals surface area contributed by atoms with Gasteiger partial charge in [-0.2, -0.15) is 0 Å². The summed E-state index contributed by atoms with van der Waals surface area (Å²) in [7, 11) is 0. The summed E-state index contributed by atoms with van der Waals surface area (Å²) in [6.07, 6.45) is 35.6. The normalized spacial score (nSPS) is 13.6. The van der Waals surface area contributed by atoms with Crippen LogP contribution in [-0.4, -0.2) is 35.5 Å². The van der Waals surface area contributed by atoms with Crippen molar-refractivity contribution in [2.45, 2.75) is 180 Å². The summed E-state index contributed by atoms with van der Waals surface area (Å²) >= 11 is 0. The highest BCUT2D eigenvalue weighted by molar-refractivity contribution is 4.94. The summed E-state index contributed by atoms with van der Waals surface area (Å²) in [5.41, 5.74) is 0. The minimum absolute atomic E-state index is 0.0117. The predicted octanol–water partition coefficient (Wildman–Crippen LogP) is 9.26. The van der Waals surface area contributed by atoms with Crippen LogP contribution < -0.4 is 5.32 Å². The van der Waals surface area contributed by atoms with Crippen molar-refractivity contribution in [1.29, 1.82) is 0 Å². The molecule has 0 aliphatic heterocycles. The zero-order chi connectivity index (χ0) is 25.7. The van der Waals surface area contributed by atoms with Crippen molar-refractivity contribution >= 4 is 0 Å². The molecule has 35 heavy (non-hydrogen) atoms. The second-order valence-corrected chi connectivity index (χ2v) is 10.9. The average Bonchev–Trinajstić information content (AvgIpc) is 2.87. The fourth-order valence-corrected chi connectivity index (χ4v) is 4.84. The lowest BCUT2D eigenvalue weighted by Gasteiger charge is -2.19. The number of hydrogen-bond acceptors (Lipinski definition) is 3. The number of rotatable bonds is 29. The van der Waals surface area contributed by atoms with Crippen molar-refractivity contribution in [1.82, 2.24) is 5.32 Å². The molecular weight excluding hydrogens is 430 g/mol. The van der Waals surface area contributed by atoms with E-state index in [0.717, 1.165) is 19.4 Å². The zero-order valence-corrected chi connectivity index (χ0v) is 24.1. The van der Waals surface area contributed by atoms with Crippen molar-refractivity contribution in [3.8, 4) is 0 Å². The van der Waals surface area contributed by atoms with Gasteiger partial charge in [0.05, 0.1) is 18.8 Å². The molecule has 0 fully saturated rings. The fourth-order valence-electron chi connectivity index (χ4n) is 4.84. The van der Waals surface area contributed by atoms with Gasteiger partial charge in [0, 0.05) is 0 Å².